The fourth-order valence-corrected chi connectivity index (χ4v) is 3.39. The first kappa shape index (κ1) is 24.9. The number of carbonyl (C=O) groups is 1. The summed E-state index contributed by atoms with van der Waals surface area (Å²) in [5.41, 5.74) is 7.19. The van der Waals surface area contributed by atoms with Gasteiger partial charge in [-0.2, -0.15) is 0 Å². The molecule has 2 heteroatoms. The number of hydrogen-bond donors (Lipinski definition) is 0. The largest absolute Gasteiger partial charge is 0.466 e. The van der Waals surface area contributed by atoms with Crippen LogP contribution in [0.15, 0.2) is 59.2 Å². The smallest absolute Gasteiger partial charge is 0.333 e. The lowest BCUT2D eigenvalue weighted by atomic mass is 9.82. The molecule has 0 radical (unpaired) electrons. The molecule has 0 spiro atoms. The molecule has 0 amide bonds. The molecule has 0 aliphatic rings. The topological polar surface area (TPSA) is 26.3 Å². The number of ether oxygens (including phenoxy) is 1. The van der Waals surface area contributed by atoms with Crippen LogP contribution in [0, 0.1) is 0 Å². The summed E-state index contributed by atoms with van der Waals surface area (Å²) >= 11 is 0. The highest BCUT2D eigenvalue weighted by atomic mass is 16.5. The van der Waals surface area contributed by atoms with E-state index in [4.69, 9.17) is 4.74 Å². The molecule has 0 heterocycles. The van der Waals surface area contributed by atoms with Gasteiger partial charge in [0.2, 0.25) is 0 Å². The van der Waals surface area contributed by atoms with Gasteiger partial charge in [-0.05, 0) is 62.0 Å². The van der Waals surface area contributed by atoms with E-state index in [1.807, 2.05) is 0 Å². The van der Waals surface area contributed by atoms with Crippen LogP contribution in [0.5, 0.6) is 0 Å². The number of hydrogen-bond acceptors (Lipinski definition) is 2. The van der Waals surface area contributed by atoms with Crippen molar-refractivity contribution in [3.8, 4) is 0 Å². The van der Waals surface area contributed by atoms with Crippen LogP contribution in [-0.4, -0.2) is 13.1 Å². The molecule has 160 valence electrons. The summed E-state index contributed by atoms with van der Waals surface area (Å²) in [5, 5.41) is 0. The normalized spacial score (nSPS) is 11.9. The van der Waals surface area contributed by atoms with Crippen molar-refractivity contribution in [1.29, 1.82) is 0 Å². The molecule has 29 heavy (non-hydrogen) atoms. The van der Waals surface area contributed by atoms with Crippen molar-refractivity contribution in [1.82, 2.24) is 0 Å². The second-order valence-electron chi connectivity index (χ2n) is 8.41. The number of rotatable bonds is 11. The maximum absolute atomic E-state index is 12.2. The van der Waals surface area contributed by atoms with Gasteiger partial charge in [-0.25, -0.2) is 4.79 Å². The molecule has 0 atom stereocenters. The van der Waals surface area contributed by atoms with E-state index in [1.165, 1.54) is 23.8 Å². The lowest BCUT2D eigenvalue weighted by Crippen LogP contribution is -2.15. The van der Waals surface area contributed by atoms with Gasteiger partial charge >= 0.3 is 5.97 Å². The Kier molecular flexibility index (Phi) is 10.2. The van der Waals surface area contributed by atoms with Crippen LogP contribution >= 0.6 is 0 Å². The van der Waals surface area contributed by atoms with Gasteiger partial charge in [0.1, 0.15) is 0 Å². The van der Waals surface area contributed by atoms with Crippen LogP contribution < -0.4 is 0 Å². The first-order valence-corrected chi connectivity index (χ1v) is 10.9. The number of benzene rings is 1. The number of esters is 1. The molecule has 0 bridgehead atoms. The molecule has 1 aromatic carbocycles. The monoisotopic (exact) mass is 396 g/mol. The van der Waals surface area contributed by atoms with E-state index in [-0.39, 0.29) is 11.4 Å². The standard InChI is InChI=1S/C27H40O2/c1-9-23(10-2)25(26(28)29-8)19-13-21(5)20(4)12-14-22-15-17-24(18-16-22)27(6,7)11-3/h13,15-18H,4,9-12,14,19H2,1-3,5-8H3. The summed E-state index contributed by atoms with van der Waals surface area (Å²) < 4.78 is 4.99. The van der Waals surface area contributed by atoms with Crippen molar-refractivity contribution in [3.05, 3.63) is 70.3 Å². The highest BCUT2D eigenvalue weighted by Gasteiger charge is 2.17. The number of aryl methyl sites for hydroxylation is 1. The molecule has 2 nitrogen and oxygen atoms in total. The number of carbonyl (C=O) groups excluding carboxylic acids is 1. The van der Waals surface area contributed by atoms with Crippen LogP contribution in [0.4, 0.5) is 0 Å². The predicted molar refractivity (Wildman–Crippen MR) is 125 cm³/mol. The molecular formula is C27H40O2. The minimum Gasteiger partial charge on any atom is -0.466 e. The van der Waals surface area contributed by atoms with Crippen molar-refractivity contribution < 1.29 is 9.53 Å². The zero-order chi connectivity index (χ0) is 22.0. The van der Waals surface area contributed by atoms with Crippen LogP contribution in [0.1, 0.15) is 84.8 Å². The molecule has 0 unspecified atom stereocenters. The Morgan fingerprint density at radius 1 is 1.10 bits per heavy atom. The second-order valence-corrected chi connectivity index (χ2v) is 8.41. The lowest BCUT2D eigenvalue weighted by molar-refractivity contribution is -0.136. The SMILES string of the molecule is C=C(CCc1ccc(C(C)(C)CC)cc1)C(C)=CCC(C(=O)OC)=C(CC)CC. The number of allylic oxidation sites excluding steroid dienone is 4. The molecule has 0 aliphatic heterocycles. The van der Waals surface area contributed by atoms with Crippen molar-refractivity contribution in [2.24, 2.45) is 0 Å². The van der Waals surface area contributed by atoms with Gasteiger partial charge in [0.15, 0.2) is 0 Å². The summed E-state index contributed by atoms with van der Waals surface area (Å²) in [6.07, 6.45) is 7.50. The highest BCUT2D eigenvalue weighted by Crippen LogP contribution is 2.27. The molecule has 0 N–H and O–H groups in total. The summed E-state index contributed by atoms with van der Waals surface area (Å²) in [6, 6.07) is 9.00. The average molecular weight is 397 g/mol. The van der Waals surface area contributed by atoms with Gasteiger partial charge in [0, 0.05) is 5.57 Å². The maximum Gasteiger partial charge on any atom is 0.333 e. The molecule has 1 rings (SSSR count). The van der Waals surface area contributed by atoms with Gasteiger partial charge in [-0.1, -0.05) is 88.3 Å². The first-order valence-electron chi connectivity index (χ1n) is 10.9. The molecule has 0 aromatic heterocycles. The Morgan fingerprint density at radius 3 is 2.17 bits per heavy atom. The zero-order valence-electron chi connectivity index (χ0n) is 19.7. The quantitative estimate of drug-likeness (QED) is 0.220. The third-order valence-electron chi connectivity index (χ3n) is 6.22. The highest BCUT2D eigenvalue weighted by molar-refractivity contribution is 5.89. The molecule has 0 aliphatic carbocycles. The van der Waals surface area contributed by atoms with E-state index < -0.39 is 0 Å². The molecular weight excluding hydrogens is 356 g/mol. The van der Waals surface area contributed by atoms with Gasteiger partial charge in [0.25, 0.3) is 0 Å². The average Bonchev–Trinajstić information content (AvgIpc) is 2.74. The zero-order valence-corrected chi connectivity index (χ0v) is 19.7. The molecule has 0 saturated heterocycles. The lowest BCUT2D eigenvalue weighted by Gasteiger charge is -2.23. The van der Waals surface area contributed by atoms with Crippen molar-refractivity contribution in [2.75, 3.05) is 7.11 Å². The Labute approximate surface area is 178 Å². The van der Waals surface area contributed by atoms with Crippen LogP contribution in [0.3, 0.4) is 0 Å². The van der Waals surface area contributed by atoms with Crippen molar-refractivity contribution in [3.63, 3.8) is 0 Å². The first-order chi connectivity index (χ1) is 13.7. The summed E-state index contributed by atoms with van der Waals surface area (Å²) in [7, 11) is 1.45. The van der Waals surface area contributed by atoms with Gasteiger partial charge in [-0.3, -0.25) is 0 Å². The number of methoxy groups -OCH3 is 1. The Morgan fingerprint density at radius 2 is 1.69 bits per heavy atom. The van der Waals surface area contributed by atoms with Crippen LogP contribution in [0.25, 0.3) is 0 Å². The Hall–Kier alpha value is -2.09. The van der Waals surface area contributed by atoms with Crippen LogP contribution in [0.2, 0.25) is 0 Å². The van der Waals surface area contributed by atoms with Gasteiger partial charge < -0.3 is 4.74 Å². The van der Waals surface area contributed by atoms with Gasteiger partial charge in [-0.15, -0.1) is 0 Å². The fraction of sp³-hybridized carbons (Fsp3) is 0.519. The van der Waals surface area contributed by atoms with Crippen molar-refractivity contribution in [2.45, 2.75) is 85.5 Å². The van der Waals surface area contributed by atoms with E-state index in [9.17, 15) is 4.79 Å². The van der Waals surface area contributed by atoms with E-state index in [0.29, 0.717) is 6.42 Å². The fourth-order valence-electron chi connectivity index (χ4n) is 3.39. The minimum absolute atomic E-state index is 0.214. The summed E-state index contributed by atoms with van der Waals surface area (Å²) in [4.78, 5) is 12.2. The summed E-state index contributed by atoms with van der Waals surface area (Å²) in [6.45, 7) is 17.3. The van der Waals surface area contributed by atoms with E-state index in [0.717, 1.165) is 48.8 Å². The third-order valence-corrected chi connectivity index (χ3v) is 6.22. The third kappa shape index (κ3) is 7.34. The summed E-state index contributed by atoms with van der Waals surface area (Å²) in [5.74, 6) is -0.214. The van der Waals surface area contributed by atoms with Crippen molar-refractivity contribution >= 4 is 5.97 Å². The van der Waals surface area contributed by atoms with Gasteiger partial charge in [0.05, 0.1) is 7.11 Å². The predicted octanol–water partition coefficient (Wildman–Crippen LogP) is 7.49. The second kappa shape index (κ2) is 11.8. The van der Waals surface area contributed by atoms with E-state index in [2.05, 4.69) is 78.5 Å². The van der Waals surface area contributed by atoms with Crippen LogP contribution in [-0.2, 0) is 21.4 Å². The molecule has 0 fully saturated rings. The molecule has 1 aromatic rings. The maximum atomic E-state index is 12.2. The Balaban J connectivity index is 2.76. The van der Waals surface area contributed by atoms with E-state index >= 15 is 0 Å². The molecule has 0 saturated carbocycles. The van der Waals surface area contributed by atoms with E-state index in [1.54, 1.807) is 0 Å². The Bertz CT molecular complexity index is 739. The minimum atomic E-state index is -0.214.